The number of nitrogens with zero attached hydrogens (tertiary/aromatic N) is 3. The van der Waals surface area contributed by atoms with Crippen LogP contribution in [0.15, 0.2) is 40.9 Å². The lowest BCUT2D eigenvalue weighted by Gasteiger charge is -2.16. The van der Waals surface area contributed by atoms with E-state index in [-0.39, 0.29) is 52.2 Å². The van der Waals surface area contributed by atoms with Crippen LogP contribution in [0.1, 0.15) is 18.2 Å². The van der Waals surface area contributed by atoms with Gasteiger partial charge in [0.1, 0.15) is 11.6 Å². The fraction of sp³-hybridized carbons (Fsp3) is 0.167. The van der Waals surface area contributed by atoms with Crippen molar-refractivity contribution in [2.24, 2.45) is 0 Å². The Morgan fingerprint density at radius 3 is 2.67 bits per heavy atom. The van der Waals surface area contributed by atoms with E-state index in [4.69, 9.17) is 27.7 Å². The van der Waals surface area contributed by atoms with Crippen molar-refractivity contribution in [3.8, 4) is 11.4 Å². The van der Waals surface area contributed by atoms with Gasteiger partial charge in [0.15, 0.2) is 0 Å². The van der Waals surface area contributed by atoms with Crippen LogP contribution in [0.3, 0.4) is 0 Å². The molecule has 1 amide bonds. The molecule has 1 fully saturated rings. The Bertz CT molecular complexity index is 1040. The third kappa shape index (κ3) is 3.40. The molecule has 1 aliphatic rings. The second kappa shape index (κ2) is 6.90. The second-order valence-corrected chi connectivity index (χ2v) is 6.93. The Hall–Kier alpha value is -2.51. The smallest absolute Gasteiger partial charge is 0.232 e. The molecule has 1 atom stereocenters. The van der Waals surface area contributed by atoms with E-state index in [1.165, 1.54) is 35.2 Å². The van der Waals surface area contributed by atoms with Gasteiger partial charge in [-0.15, -0.1) is 0 Å². The zero-order valence-electron chi connectivity index (χ0n) is 13.6. The van der Waals surface area contributed by atoms with Gasteiger partial charge < -0.3 is 9.42 Å². The summed E-state index contributed by atoms with van der Waals surface area (Å²) in [4.78, 5) is 17.9. The Kier molecular flexibility index (Phi) is 4.57. The number of amides is 1. The van der Waals surface area contributed by atoms with Gasteiger partial charge in [-0.25, -0.2) is 8.78 Å². The topological polar surface area (TPSA) is 59.2 Å². The molecular formula is C18H11Cl2F2N3O2. The van der Waals surface area contributed by atoms with Gasteiger partial charge in [0.25, 0.3) is 0 Å². The predicted octanol–water partition coefficient (Wildman–Crippen LogP) is 4.84. The summed E-state index contributed by atoms with van der Waals surface area (Å²) in [6, 6.07) is 8.20. The summed E-state index contributed by atoms with van der Waals surface area (Å²) in [6.07, 6.45) is 0.105. The number of carbonyl (C=O) groups excluding carboxylic acids is 1. The molecule has 1 saturated heterocycles. The maximum absolute atomic E-state index is 14.1. The summed E-state index contributed by atoms with van der Waals surface area (Å²) in [5.41, 5.74) is 0.637. The number of halogens is 4. The lowest BCUT2D eigenvalue weighted by Crippen LogP contribution is -2.25. The van der Waals surface area contributed by atoms with E-state index >= 15 is 0 Å². The van der Waals surface area contributed by atoms with Crippen molar-refractivity contribution in [2.45, 2.75) is 12.3 Å². The van der Waals surface area contributed by atoms with E-state index in [1.807, 2.05) is 0 Å². The van der Waals surface area contributed by atoms with Crippen LogP contribution in [-0.4, -0.2) is 22.6 Å². The third-order valence-electron chi connectivity index (χ3n) is 4.29. The number of benzene rings is 2. The third-order valence-corrected chi connectivity index (χ3v) is 4.82. The van der Waals surface area contributed by atoms with Crippen LogP contribution >= 0.6 is 23.2 Å². The molecule has 9 heteroatoms. The highest BCUT2D eigenvalue weighted by Crippen LogP contribution is 2.34. The predicted molar refractivity (Wildman–Crippen MR) is 95.8 cm³/mol. The van der Waals surface area contributed by atoms with E-state index in [9.17, 15) is 13.6 Å². The highest BCUT2D eigenvalue weighted by molar-refractivity contribution is 6.31. The van der Waals surface area contributed by atoms with Crippen LogP contribution in [0.5, 0.6) is 0 Å². The summed E-state index contributed by atoms with van der Waals surface area (Å²) in [5.74, 6) is -1.29. The summed E-state index contributed by atoms with van der Waals surface area (Å²) < 4.78 is 32.7. The van der Waals surface area contributed by atoms with E-state index in [2.05, 4.69) is 10.1 Å². The Morgan fingerprint density at radius 1 is 1.11 bits per heavy atom. The highest BCUT2D eigenvalue weighted by Gasteiger charge is 2.36. The van der Waals surface area contributed by atoms with Crippen molar-refractivity contribution in [1.29, 1.82) is 0 Å². The molecule has 0 N–H and O–H groups in total. The molecule has 138 valence electrons. The molecule has 27 heavy (non-hydrogen) atoms. The molecule has 2 aromatic carbocycles. The Balaban J connectivity index is 1.57. The van der Waals surface area contributed by atoms with Crippen molar-refractivity contribution in [1.82, 2.24) is 10.1 Å². The van der Waals surface area contributed by atoms with E-state index in [1.54, 1.807) is 0 Å². The quantitative estimate of drug-likeness (QED) is 0.620. The summed E-state index contributed by atoms with van der Waals surface area (Å²) in [7, 11) is 0. The number of rotatable bonds is 3. The van der Waals surface area contributed by atoms with Gasteiger partial charge in [-0.2, -0.15) is 4.98 Å². The highest BCUT2D eigenvalue weighted by atomic mass is 35.5. The Labute approximate surface area is 162 Å². The molecule has 5 nitrogen and oxygen atoms in total. The average molecular weight is 410 g/mol. The normalized spacial score (nSPS) is 17.0. The number of hydrogen-bond donors (Lipinski definition) is 0. The second-order valence-electron chi connectivity index (χ2n) is 6.09. The van der Waals surface area contributed by atoms with Crippen molar-refractivity contribution in [2.75, 3.05) is 11.4 Å². The largest absolute Gasteiger partial charge is 0.339 e. The summed E-state index contributed by atoms with van der Waals surface area (Å²) in [5, 5.41) is 4.06. The monoisotopic (exact) mass is 409 g/mol. The molecule has 0 spiro atoms. The maximum Gasteiger partial charge on any atom is 0.232 e. The van der Waals surface area contributed by atoms with Crippen LogP contribution < -0.4 is 4.90 Å². The van der Waals surface area contributed by atoms with Gasteiger partial charge in [0, 0.05) is 23.6 Å². The van der Waals surface area contributed by atoms with Gasteiger partial charge in [-0.1, -0.05) is 28.4 Å². The minimum absolute atomic E-state index is 0.0562. The lowest BCUT2D eigenvalue weighted by molar-refractivity contribution is -0.117. The SMILES string of the molecule is O=C1CC(c2nc(-c3ccc(F)c(Cl)c3)no2)CN1c1ccc(Cl)cc1F. The molecule has 0 bridgehead atoms. The Morgan fingerprint density at radius 2 is 1.93 bits per heavy atom. The average Bonchev–Trinajstić information content (AvgIpc) is 3.25. The molecule has 0 saturated carbocycles. The molecule has 1 unspecified atom stereocenters. The molecular weight excluding hydrogens is 399 g/mol. The van der Waals surface area contributed by atoms with E-state index in [0.717, 1.165) is 6.07 Å². The lowest BCUT2D eigenvalue weighted by atomic mass is 10.1. The van der Waals surface area contributed by atoms with Gasteiger partial charge in [-0.05, 0) is 36.4 Å². The number of carbonyl (C=O) groups is 1. The number of aromatic nitrogens is 2. The van der Waals surface area contributed by atoms with Gasteiger partial charge >= 0.3 is 0 Å². The van der Waals surface area contributed by atoms with Crippen molar-refractivity contribution in [3.63, 3.8) is 0 Å². The summed E-state index contributed by atoms with van der Waals surface area (Å²) >= 11 is 11.5. The molecule has 0 radical (unpaired) electrons. The van der Waals surface area contributed by atoms with Crippen LogP contribution in [0.2, 0.25) is 10.0 Å². The molecule has 1 aliphatic heterocycles. The minimum atomic E-state index is -0.580. The van der Waals surface area contributed by atoms with E-state index < -0.39 is 11.6 Å². The maximum atomic E-state index is 14.1. The zero-order valence-corrected chi connectivity index (χ0v) is 15.1. The van der Waals surface area contributed by atoms with Gasteiger partial charge in [0.2, 0.25) is 17.6 Å². The van der Waals surface area contributed by atoms with E-state index in [0.29, 0.717) is 5.56 Å². The van der Waals surface area contributed by atoms with Crippen LogP contribution in [0.25, 0.3) is 11.4 Å². The number of anilines is 1. The van der Waals surface area contributed by atoms with Crippen LogP contribution in [0, 0.1) is 11.6 Å². The molecule has 2 heterocycles. The number of hydrogen-bond acceptors (Lipinski definition) is 4. The van der Waals surface area contributed by atoms with Gasteiger partial charge in [0.05, 0.1) is 16.6 Å². The standard InChI is InChI=1S/C18H11Cl2F2N3O2/c19-11-2-4-15(14(22)7-11)25-8-10(6-16(25)26)18-23-17(24-27-18)9-1-3-13(21)12(20)5-9/h1-5,7,10H,6,8H2. The summed E-state index contributed by atoms with van der Waals surface area (Å²) in [6.45, 7) is 0.198. The molecule has 3 aromatic rings. The molecule has 0 aliphatic carbocycles. The first kappa shape index (κ1) is 17.9. The first-order valence-electron chi connectivity index (χ1n) is 7.97. The van der Waals surface area contributed by atoms with Gasteiger partial charge in [-0.3, -0.25) is 4.79 Å². The first-order valence-corrected chi connectivity index (χ1v) is 8.72. The molecule has 4 rings (SSSR count). The molecule has 1 aromatic heterocycles. The fourth-order valence-corrected chi connectivity index (χ4v) is 3.30. The van der Waals surface area contributed by atoms with Crippen molar-refractivity contribution < 1.29 is 18.1 Å². The fourth-order valence-electron chi connectivity index (χ4n) is 2.96. The van der Waals surface area contributed by atoms with Crippen LogP contribution in [-0.2, 0) is 4.79 Å². The van der Waals surface area contributed by atoms with Crippen molar-refractivity contribution >= 4 is 34.8 Å². The first-order chi connectivity index (χ1) is 12.9. The minimum Gasteiger partial charge on any atom is -0.339 e. The van der Waals surface area contributed by atoms with Crippen LogP contribution in [0.4, 0.5) is 14.5 Å². The zero-order chi connectivity index (χ0) is 19.1. The van der Waals surface area contributed by atoms with Crippen molar-refractivity contribution in [3.05, 3.63) is 64.0 Å².